The first-order valence-corrected chi connectivity index (χ1v) is 4.71. The minimum absolute atomic E-state index is 0. The van der Waals surface area contributed by atoms with Crippen molar-refractivity contribution in [2.75, 3.05) is 26.2 Å². The Balaban J connectivity index is 0.000000720. The summed E-state index contributed by atoms with van der Waals surface area (Å²) in [6.07, 6.45) is 3.89. The van der Waals surface area contributed by atoms with Gasteiger partial charge in [0.25, 0.3) is 0 Å². The summed E-state index contributed by atoms with van der Waals surface area (Å²) in [7, 11) is 0. The molecule has 2 rings (SSSR count). The van der Waals surface area contributed by atoms with E-state index in [1.54, 1.807) is 0 Å². The maximum atomic E-state index is 5.82. The van der Waals surface area contributed by atoms with Gasteiger partial charge in [-0.3, -0.25) is 0 Å². The Kier molecular flexibility index (Phi) is 3.38. The van der Waals surface area contributed by atoms with Crippen LogP contribution in [0.1, 0.15) is 26.2 Å². The molecule has 2 heterocycles. The number of ether oxygens (including phenoxy) is 1. The maximum absolute atomic E-state index is 5.82. The number of rotatable bonds is 2. The van der Waals surface area contributed by atoms with Crippen LogP contribution in [-0.2, 0) is 4.74 Å². The van der Waals surface area contributed by atoms with Gasteiger partial charge in [-0.2, -0.15) is 0 Å². The van der Waals surface area contributed by atoms with Crippen molar-refractivity contribution in [1.82, 2.24) is 4.90 Å². The van der Waals surface area contributed by atoms with Crippen LogP contribution in [-0.4, -0.2) is 36.7 Å². The molecule has 0 radical (unpaired) electrons. The fourth-order valence-corrected chi connectivity index (χ4v) is 2.44. The maximum Gasteiger partial charge on any atom is 0.0821 e. The summed E-state index contributed by atoms with van der Waals surface area (Å²) in [6, 6.07) is 0. The van der Waals surface area contributed by atoms with Crippen LogP contribution in [0.25, 0.3) is 0 Å². The molecule has 2 aliphatic rings. The number of nitrogens with zero attached hydrogens (tertiary/aromatic N) is 1. The highest BCUT2D eigenvalue weighted by molar-refractivity contribution is 5.85. The molecule has 2 saturated heterocycles. The predicted molar refractivity (Wildman–Crippen MR) is 51.9 cm³/mol. The lowest BCUT2D eigenvalue weighted by atomic mass is 9.95. The van der Waals surface area contributed by atoms with Crippen LogP contribution >= 0.6 is 12.4 Å². The minimum Gasteiger partial charge on any atom is -0.374 e. The van der Waals surface area contributed by atoms with Crippen LogP contribution in [0.2, 0.25) is 0 Å². The van der Waals surface area contributed by atoms with Crippen molar-refractivity contribution in [1.29, 1.82) is 0 Å². The van der Waals surface area contributed by atoms with E-state index in [4.69, 9.17) is 4.74 Å². The SMILES string of the molecule is CCOC12CCCN(CC1)C2.Cl. The zero-order valence-electron chi connectivity index (χ0n) is 7.71. The first-order valence-electron chi connectivity index (χ1n) is 4.71. The Morgan fingerprint density at radius 1 is 1.33 bits per heavy atom. The molecule has 0 N–H and O–H groups in total. The van der Waals surface area contributed by atoms with E-state index in [-0.39, 0.29) is 18.0 Å². The van der Waals surface area contributed by atoms with Gasteiger partial charge in [0.15, 0.2) is 0 Å². The minimum atomic E-state index is 0. The largest absolute Gasteiger partial charge is 0.374 e. The molecular weight excluding hydrogens is 174 g/mol. The lowest BCUT2D eigenvalue weighted by Gasteiger charge is -2.33. The molecular formula is C9H18ClNO. The van der Waals surface area contributed by atoms with E-state index in [9.17, 15) is 0 Å². The molecule has 2 atom stereocenters. The molecule has 0 aromatic heterocycles. The smallest absolute Gasteiger partial charge is 0.0821 e. The molecule has 3 heteroatoms. The fraction of sp³-hybridized carbons (Fsp3) is 1.00. The molecule has 2 aliphatic heterocycles. The van der Waals surface area contributed by atoms with Crippen LogP contribution in [0, 0.1) is 0 Å². The van der Waals surface area contributed by atoms with Gasteiger partial charge in [0.05, 0.1) is 5.60 Å². The average molecular weight is 192 g/mol. The summed E-state index contributed by atoms with van der Waals surface area (Å²) in [4.78, 5) is 2.53. The van der Waals surface area contributed by atoms with Gasteiger partial charge in [0.1, 0.15) is 0 Å². The second kappa shape index (κ2) is 3.95. The second-order valence-electron chi connectivity index (χ2n) is 3.75. The molecule has 0 aromatic rings. The lowest BCUT2D eigenvalue weighted by Crippen LogP contribution is -2.41. The van der Waals surface area contributed by atoms with Crippen molar-refractivity contribution in [3.63, 3.8) is 0 Å². The Morgan fingerprint density at radius 2 is 2.17 bits per heavy atom. The number of piperidine rings is 1. The van der Waals surface area contributed by atoms with E-state index < -0.39 is 0 Å². The summed E-state index contributed by atoms with van der Waals surface area (Å²) in [6.45, 7) is 6.75. The zero-order chi connectivity index (χ0) is 7.73. The van der Waals surface area contributed by atoms with Crippen LogP contribution in [0.15, 0.2) is 0 Å². The van der Waals surface area contributed by atoms with Crippen molar-refractivity contribution < 1.29 is 4.74 Å². The van der Waals surface area contributed by atoms with Crippen molar-refractivity contribution in [3.8, 4) is 0 Å². The van der Waals surface area contributed by atoms with E-state index in [2.05, 4.69) is 11.8 Å². The van der Waals surface area contributed by atoms with Gasteiger partial charge in [-0.1, -0.05) is 0 Å². The van der Waals surface area contributed by atoms with Gasteiger partial charge in [0, 0.05) is 19.7 Å². The Bertz CT molecular complexity index is 144. The van der Waals surface area contributed by atoms with E-state index >= 15 is 0 Å². The standard InChI is InChI=1S/C9H17NO.ClH/c1-2-11-9-4-3-6-10(8-9)7-5-9;/h2-8H2,1H3;1H. The van der Waals surface area contributed by atoms with Crippen LogP contribution in [0.4, 0.5) is 0 Å². The first-order chi connectivity index (χ1) is 5.35. The number of halogens is 1. The van der Waals surface area contributed by atoms with Crippen molar-refractivity contribution in [2.24, 2.45) is 0 Å². The molecule has 0 saturated carbocycles. The van der Waals surface area contributed by atoms with Crippen molar-refractivity contribution >= 4 is 12.4 Å². The molecule has 2 unspecified atom stereocenters. The first kappa shape index (κ1) is 10.3. The van der Waals surface area contributed by atoms with Gasteiger partial charge >= 0.3 is 0 Å². The highest BCUT2D eigenvalue weighted by Gasteiger charge is 2.41. The third kappa shape index (κ3) is 1.76. The topological polar surface area (TPSA) is 12.5 Å². The molecule has 0 spiro atoms. The van der Waals surface area contributed by atoms with E-state index in [1.165, 1.54) is 38.9 Å². The normalized spacial score (nSPS) is 39.2. The predicted octanol–water partition coefficient (Wildman–Crippen LogP) is 1.68. The van der Waals surface area contributed by atoms with Gasteiger partial charge in [-0.05, 0) is 32.7 Å². The Hall–Kier alpha value is 0.210. The molecule has 2 fully saturated rings. The van der Waals surface area contributed by atoms with Gasteiger partial charge < -0.3 is 9.64 Å². The molecule has 0 aliphatic carbocycles. The van der Waals surface area contributed by atoms with E-state index in [0.717, 1.165) is 6.61 Å². The third-order valence-corrected chi connectivity index (χ3v) is 2.95. The summed E-state index contributed by atoms with van der Waals surface area (Å²) in [5, 5.41) is 0. The zero-order valence-corrected chi connectivity index (χ0v) is 8.53. The fourth-order valence-electron chi connectivity index (χ4n) is 2.44. The number of hydrogen-bond donors (Lipinski definition) is 0. The summed E-state index contributed by atoms with van der Waals surface area (Å²) < 4.78 is 5.82. The average Bonchev–Trinajstić information content (AvgIpc) is 2.28. The summed E-state index contributed by atoms with van der Waals surface area (Å²) in [5.74, 6) is 0. The molecule has 12 heavy (non-hydrogen) atoms. The van der Waals surface area contributed by atoms with Gasteiger partial charge in [0.2, 0.25) is 0 Å². The van der Waals surface area contributed by atoms with Crippen molar-refractivity contribution in [3.05, 3.63) is 0 Å². The van der Waals surface area contributed by atoms with Gasteiger partial charge in [-0.25, -0.2) is 0 Å². The monoisotopic (exact) mass is 191 g/mol. The number of hydrogen-bond acceptors (Lipinski definition) is 2. The number of fused-ring (bicyclic) bond motifs is 2. The third-order valence-electron chi connectivity index (χ3n) is 2.95. The molecule has 72 valence electrons. The molecule has 0 aromatic carbocycles. The van der Waals surface area contributed by atoms with Gasteiger partial charge in [-0.15, -0.1) is 12.4 Å². The molecule has 2 nitrogen and oxygen atoms in total. The van der Waals surface area contributed by atoms with Crippen LogP contribution in [0.5, 0.6) is 0 Å². The molecule has 2 bridgehead atoms. The highest BCUT2D eigenvalue weighted by Crippen LogP contribution is 2.34. The highest BCUT2D eigenvalue weighted by atomic mass is 35.5. The quantitative estimate of drug-likeness (QED) is 0.659. The lowest BCUT2D eigenvalue weighted by molar-refractivity contribution is -0.0495. The molecule has 0 amide bonds. The van der Waals surface area contributed by atoms with Crippen LogP contribution in [0.3, 0.4) is 0 Å². The summed E-state index contributed by atoms with van der Waals surface area (Å²) in [5.41, 5.74) is 0.271. The van der Waals surface area contributed by atoms with E-state index in [0.29, 0.717) is 0 Å². The Morgan fingerprint density at radius 3 is 2.92 bits per heavy atom. The van der Waals surface area contributed by atoms with E-state index in [1.807, 2.05) is 0 Å². The summed E-state index contributed by atoms with van der Waals surface area (Å²) >= 11 is 0. The van der Waals surface area contributed by atoms with Crippen LogP contribution < -0.4 is 0 Å². The van der Waals surface area contributed by atoms with Crippen molar-refractivity contribution in [2.45, 2.75) is 31.8 Å². The Labute approximate surface area is 80.7 Å². The second-order valence-corrected chi connectivity index (χ2v) is 3.75.